The molecule has 1 aliphatic rings. The summed E-state index contributed by atoms with van der Waals surface area (Å²) in [7, 11) is -2.57. The molecule has 1 N–H and O–H groups in total. The van der Waals surface area contributed by atoms with Crippen molar-refractivity contribution in [1.82, 2.24) is 0 Å². The Morgan fingerprint density at radius 1 is 1.09 bits per heavy atom. The van der Waals surface area contributed by atoms with Crippen molar-refractivity contribution in [2.45, 2.75) is 37.6 Å². The van der Waals surface area contributed by atoms with E-state index in [0.717, 1.165) is 29.7 Å². The molecule has 1 aliphatic heterocycles. The van der Waals surface area contributed by atoms with Crippen LogP contribution in [-0.4, -0.2) is 27.5 Å². The van der Waals surface area contributed by atoms with Crippen molar-refractivity contribution in [2.24, 2.45) is 0 Å². The van der Waals surface area contributed by atoms with Crippen LogP contribution in [-0.2, 0) is 22.9 Å². The van der Waals surface area contributed by atoms with Crippen molar-refractivity contribution < 1.29 is 17.9 Å². The highest BCUT2D eigenvalue weighted by Gasteiger charge is 2.32. The van der Waals surface area contributed by atoms with Gasteiger partial charge in [0, 0.05) is 23.0 Å². The van der Waals surface area contributed by atoms with Gasteiger partial charge < -0.3 is 9.64 Å². The molecule has 0 saturated heterocycles. The molecule has 3 aromatic carbocycles. The Balaban J connectivity index is 1.69. The van der Waals surface area contributed by atoms with E-state index in [1.807, 2.05) is 50.2 Å². The largest absolute Gasteiger partial charge is 0.495 e. The first kappa shape index (κ1) is 21.9. The van der Waals surface area contributed by atoms with Gasteiger partial charge in [0.05, 0.1) is 7.11 Å². The van der Waals surface area contributed by atoms with Crippen molar-refractivity contribution >= 4 is 27.3 Å². The number of para-hydroxylation sites is 1. The third-order valence-corrected chi connectivity index (χ3v) is 7.14. The number of sulfonamides is 1. The van der Waals surface area contributed by atoms with Gasteiger partial charge in [0.2, 0.25) is 0 Å². The van der Waals surface area contributed by atoms with Crippen molar-refractivity contribution in [3.05, 3.63) is 83.4 Å². The van der Waals surface area contributed by atoms with Crippen LogP contribution in [0.15, 0.2) is 71.6 Å². The van der Waals surface area contributed by atoms with Crippen LogP contribution >= 0.6 is 0 Å². The summed E-state index contributed by atoms with van der Waals surface area (Å²) in [6.07, 6.45) is 1.63. The Labute approximate surface area is 188 Å². The summed E-state index contributed by atoms with van der Waals surface area (Å²) >= 11 is 0. The summed E-state index contributed by atoms with van der Waals surface area (Å²) in [5.41, 5.74) is 3.81. The molecule has 0 radical (unpaired) electrons. The van der Waals surface area contributed by atoms with Crippen molar-refractivity contribution in [3.63, 3.8) is 0 Å². The predicted octanol–water partition coefficient (Wildman–Crippen LogP) is 4.65. The van der Waals surface area contributed by atoms with Crippen LogP contribution in [0.2, 0.25) is 0 Å². The number of aryl methyl sites for hydroxylation is 1. The number of carbonyl (C=O) groups is 1. The monoisotopic (exact) mass is 450 g/mol. The highest BCUT2D eigenvalue weighted by molar-refractivity contribution is 7.92. The molecule has 4 rings (SSSR count). The molecule has 0 bridgehead atoms. The molecule has 0 aliphatic carbocycles. The SMILES string of the molecule is CCc1ccc(NS(=O)(=O)c2cc(C(=O)N3c4ccccc4CC3C)ccc2OC)cc1. The second-order valence-corrected chi connectivity index (χ2v) is 9.53. The number of hydrogen-bond donors (Lipinski definition) is 1. The first-order valence-corrected chi connectivity index (χ1v) is 12.0. The summed E-state index contributed by atoms with van der Waals surface area (Å²) in [6, 6.07) is 19.5. The maximum Gasteiger partial charge on any atom is 0.265 e. The average Bonchev–Trinajstić information content (AvgIpc) is 3.14. The summed E-state index contributed by atoms with van der Waals surface area (Å²) in [4.78, 5) is 15.0. The van der Waals surface area contributed by atoms with E-state index in [2.05, 4.69) is 4.72 Å². The lowest BCUT2D eigenvalue weighted by Gasteiger charge is -2.23. The lowest BCUT2D eigenvalue weighted by Crippen LogP contribution is -2.35. The van der Waals surface area contributed by atoms with Gasteiger partial charge in [-0.1, -0.05) is 37.3 Å². The molecular weight excluding hydrogens is 424 g/mol. The Kier molecular flexibility index (Phi) is 5.93. The van der Waals surface area contributed by atoms with E-state index in [1.54, 1.807) is 23.1 Å². The molecule has 0 fully saturated rings. The zero-order chi connectivity index (χ0) is 22.9. The number of anilines is 2. The third kappa shape index (κ3) is 4.08. The van der Waals surface area contributed by atoms with Gasteiger partial charge in [0.15, 0.2) is 0 Å². The first-order valence-electron chi connectivity index (χ1n) is 10.6. The van der Waals surface area contributed by atoms with E-state index in [-0.39, 0.29) is 28.2 Å². The van der Waals surface area contributed by atoms with Gasteiger partial charge in [-0.05, 0) is 67.3 Å². The topological polar surface area (TPSA) is 75.7 Å². The van der Waals surface area contributed by atoms with Gasteiger partial charge in [-0.2, -0.15) is 0 Å². The van der Waals surface area contributed by atoms with E-state index in [0.29, 0.717) is 5.69 Å². The van der Waals surface area contributed by atoms with Crippen LogP contribution in [0.5, 0.6) is 5.75 Å². The fourth-order valence-corrected chi connectivity index (χ4v) is 5.31. The van der Waals surface area contributed by atoms with Crippen LogP contribution in [0.3, 0.4) is 0 Å². The number of amides is 1. The summed E-state index contributed by atoms with van der Waals surface area (Å²) in [5.74, 6) is -0.0667. The number of hydrogen-bond acceptors (Lipinski definition) is 4. The van der Waals surface area contributed by atoms with E-state index >= 15 is 0 Å². The van der Waals surface area contributed by atoms with E-state index in [9.17, 15) is 13.2 Å². The summed E-state index contributed by atoms with van der Waals surface area (Å²) in [6.45, 7) is 4.02. The highest BCUT2D eigenvalue weighted by Crippen LogP contribution is 2.34. The van der Waals surface area contributed by atoms with Crippen LogP contribution in [0.4, 0.5) is 11.4 Å². The molecule has 32 heavy (non-hydrogen) atoms. The fraction of sp³-hybridized carbons (Fsp3) is 0.240. The van der Waals surface area contributed by atoms with Gasteiger partial charge in [-0.3, -0.25) is 9.52 Å². The number of methoxy groups -OCH3 is 1. The Hall–Kier alpha value is -3.32. The molecule has 1 atom stereocenters. The Morgan fingerprint density at radius 2 is 1.81 bits per heavy atom. The maximum absolute atomic E-state index is 13.4. The number of benzene rings is 3. The van der Waals surface area contributed by atoms with Crippen LogP contribution in [0.1, 0.15) is 35.3 Å². The molecule has 1 amide bonds. The summed E-state index contributed by atoms with van der Waals surface area (Å²) < 4.78 is 34.2. The van der Waals surface area contributed by atoms with Gasteiger partial charge >= 0.3 is 0 Å². The summed E-state index contributed by atoms with van der Waals surface area (Å²) in [5, 5.41) is 0. The normalized spacial score (nSPS) is 15.3. The average molecular weight is 451 g/mol. The number of fused-ring (bicyclic) bond motifs is 1. The molecule has 1 heterocycles. The molecule has 0 spiro atoms. The third-order valence-electron chi connectivity index (χ3n) is 5.74. The predicted molar refractivity (Wildman–Crippen MR) is 126 cm³/mol. The molecule has 6 nitrogen and oxygen atoms in total. The minimum atomic E-state index is -3.97. The second kappa shape index (κ2) is 8.67. The van der Waals surface area contributed by atoms with Gasteiger partial charge in [-0.25, -0.2) is 8.42 Å². The highest BCUT2D eigenvalue weighted by atomic mass is 32.2. The lowest BCUT2D eigenvalue weighted by atomic mass is 10.1. The minimum Gasteiger partial charge on any atom is -0.495 e. The van der Waals surface area contributed by atoms with Crippen molar-refractivity contribution in [2.75, 3.05) is 16.7 Å². The molecular formula is C25H26N2O4S. The van der Waals surface area contributed by atoms with E-state index in [1.165, 1.54) is 19.2 Å². The Bertz CT molecular complexity index is 1250. The fourth-order valence-electron chi connectivity index (χ4n) is 4.05. The standard InChI is InChI=1S/C25H26N2O4S/c1-4-18-9-12-21(13-10-18)26-32(29,30)24-16-20(11-14-23(24)31-3)25(28)27-17(2)15-19-7-5-6-8-22(19)27/h5-14,16-17,26H,4,15H2,1-3H3. The van der Waals surface area contributed by atoms with Crippen LogP contribution in [0, 0.1) is 0 Å². The van der Waals surface area contributed by atoms with Gasteiger partial charge in [-0.15, -0.1) is 0 Å². The molecule has 3 aromatic rings. The molecule has 7 heteroatoms. The molecule has 0 aromatic heterocycles. The number of rotatable bonds is 6. The molecule has 0 saturated carbocycles. The smallest absolute Gasteiger partial charge is 0.265 e. The first-order chi connectivity index (χ1) is 15.3. The van der Waals surface area contributed by atoms with Crippen molar-refractivity contribution in [3.8, 4) is 5.75 Å². The van der Waals surface area contributed by atoms with Crippen molar-refractivity contribution in [1.29, 1.82) is 0 Å². The zero-order valence-electron chi connectivity index (χ0n) is 18.3. The van der Waals surface area contributed by atoms with Crippen LogP contribution in [0.25, 0.3) is 0 Å². The maximum atomic E-state index is 13.4. The minimum absolute atomic E-state index is 0.0164. The quantitative estimate of drug-likeness (QED) is 0.593. The van der Waals surface area contributed by atoms with E-state index in [4.69, 9.17) is 4.74 Å². The Morgan fingerprint density at radius 3 is 2.50 bits per heavy atom. The van der Waals surface area contributed by atoms with Gasteiger partial charge in [0.1, 0.15) is 10.6 Å². The number of nitrogens with zero attached hydrogens (tertiary/aromatic N) is 1. The van der Waals surface area contributed by atoms with Gasteiger partial charge in [0.25, 0.3) is 15.9 Å². The number of nitrogens with one attached hydrogen (secondary N) is 1. The molecule has 1 unspecified atom stereocenters. The van der Waals surface area contributed by atoms with Crippen LogP contribution < -0.4 is 14.4 Å². The second-order valence-electron chi connectivity index (χ2n) is 7.88. The van der Waals surface area contributed by atoms with E-state index < -0.39 is 10.0 Å². The zero-order valence-corrected chi connectivity index (χ0v) is 19.1. The lowest BCUT2D eigenvalue weighted by molar-refractivity contribution is 0.0981. The number of ether oxygens (including phenoxy) is 1. The number of carbonyl (C=O) groups excluding carboxylic acids is 1. The molecule has 166 valence electrons.